The maximum atomic E-state index is 4.90. The number of benzene rings is 1. The molecule has 1 saturated heterocycles. The average molecular weight is 324 g/mol. The summed E-state index contributed by atoms with van der Waals surface area (Å²) in [5.41, 5.74) is 1.09. The number of anilines is 2. The van der Waals surface area contributed by atoms with Crippen LogP contribution in [0.2, 0.25) is 0 Å². The Bertz CT molecular complexity index is 629. The molecule has 0 radical (unpaired) electrons. The van der Waals surface area contributed by atoms with Crippen molar-refractivity contribution in [2.45, 2.75) is 39.5 Å². The van der Waals surface area contributed by atoms with Gasteiger partial charge >= 0.3 is 0 Å². The van der Waals surface area contributed by atoms with Crippen LogP contribution in [0.25, 0.3) is 11.4 Å². The van der Waals surface area contributed by atoms with E-state index in [1.807, 2.05) is 6.07 Å². The van der Waals surface area contributed by atoms with Gasteiger partial charge in [-0.15, -0.1) is 0 Å². The maximum Gasteiger partial charge on any atom is 0.163 e. The molecule has 2 aromatic rings. The standard InChI is InChI=1S/C20H28N4/c1-3-12-23(13-4-2)18-16-19(24-14-8-9-15-24)22-20(21-18)17-10-6-5-7-11-17/h5-7,10-11,16H,3-4,8-9,12-15H2,1-2H3. The molecule has 1 aliphatic heterocycles. The second-order valence-electron chi connectivity index (χ2n) is 6.46. The molecule has 1 aromatic heterocycles. The average Bonchev–Trinajstić information content (AvgIpc) is 3.17. The molecule has 0 amide bonds. The molecule has 4 heteroatoms. The van der Waals surface area contributed by atoms with Crippen LogP contribution in [0.1, 0.15) is 39.5 Å². The molecule has 1 aromatic carbocycles. The lowest BCUT2D eigenvalue weighted by Crippen LogP contribution is -2.27. The highest BCUT2D eigenvalue weighted by atomic mass is 15.2. The Morgan fingerprint density at radius 3 is 2.25 bits per heavy atom. The van der Waals surface area contributed by atoms with E-state index in [1.54, 1.807) is 0 Å². The Labute approximate surface area is 145 Å². The van der Waals surface area contributed by atoms with E-state index in [9.17, 15) is 0 Å². The van der Waals surface area contributed by atoms with Gasteiger partial charge in [-0.05, 0) is 25.7 Å². The Balaban J connectivity index is 2.01. The van der Waals surface area contributed by atoms with E-state index in [0.29, 0.717) is 0 Å². The van der Waals surface area contributed by atoms with E-state index >= 15 is 0 Å². The fraction of sp³-hybridized carbons (Fsp3) is 0.500. The molecule has 0 atom stereocenters. The lowest BCUT2D eigenvalue weighted by atomic mass is 10.2. The first kappa shape index (κ1) is 16.7. The van der Waals surface area contributed by atoms with E-state index < -0.39 is 0 Å². The van der Waals surface area contributed by atoms with Crippen molar-refractivity contribution < 1.29 is 0 Å². The second kappa shape index (κ2) is 8.13. The molecule has 4 nitrogen and oxygen atoms in total. The van der Waals surface area contributed by atoms with Crippen molar-refractivity contribution in [2.75, 3.05) is 36.0 Å². The first-order valence-electron chi connectivity index (χ1n) is 9.26. The van der Waals surface area contributed by atoms with Crippen LogP contribution in [0.5, 0.6) is 0 Å². The zero-order chi connectivity index (χ0) is 16.8. The summed E-state index contributed by atoms with van der Waals surface area (Å²) in [5.74, 6) is 2.98. The third-order valence-corrected chi connectivity index (χ3v) is 4.47. The lowest BCUT2D eigenvalue weighted by molar-refractivity contribution is 0.732. The highest BCUT2D eigenvalue weighted by Crippen LogP contribution is 2.27. The minimum absolute atomic E-state index is 0.840. The number of nitrogens with zero attached hydrogens (tertiary/aromatic N) is 4. The van der Waals surface area contributed by atoms with Crippen molar-refractivity contribution in [1.82, 2.24) is 9.97 Å². The summed E-state index contributed by atoms with van der Waals surface area (Å²) in [7, 11) is 0. The molecule has 0 bridgehead atoms. The van der Waals surface area contributed by atoms with Crippen molar-refractivity contribution in [1.29, 1.82) is 0 Å². The van der Waals surface area contributed by atoms with Crippen LogP contribution in [-0.4, -0.2) is 36.1 Å². The second-order valence-corrected chi connectivity index (χ2v) is 6.46. The summed E-state index contributed by atoms with van der Waals surface area (Å²) in [6.07, 6.45) is 4.77. The maximum absolute atomic E-state index is 4.90. The van der Waals surface area contributed by atoms with Gasteiger partial charge in [0, 0.05) is 37.8 Å². The summed E-state index contributed by atoms with van der Waals surface area (Å²) in [6.45, 7) is 8.74. The number of hydrogen-bond acceptors (Lipinski definition) is 4. The normalized spacial score (nSPS) is 14.2. The molecule has 0 spiro atoms. The molecule has 0 aliphatic carbocycles. The Kier molecular flexibility index (Phi) is 5.68. The fourth-order valence-electron chi connectivity index (χ4n) is 3.29. The predicted molar refractivity (Wildman–Crippen MR) is 102 cm³/mol. The highest BCUT2D eigenvalue weighted by molar-refractivity contribution is 5.62. The summed E-state index contributed by atoms with van der Waals surface area (Å²) in [4.78, 5) is 14.6. The quantitative estimate of drug-likeness (QED) is 0.757. The largest absolute Gasteiger partial charge is 0.356 e. The third-order valence-electron chi connectivity index (χ3n) is 4.47. The molecule has 24 heavy (non-hydrogen) atoms. The van der Waals surface area contributed by atoms with E-state index in [1.165, 1.54) is 12.8 Å². The van der Waals surface area contributed by atoms with Crippen LogP contribution >= 0.6 is 0 Å². The van der Waals surface area contributed by atoms with Gasteiger partial charge in [0.25, 0.3) is 0 Å². The molecule has 0 unspecified atom stereocenters. The molecule has 2 heterocycles. The Hall–Kier alpha value is -2.10. The monoisotopic (exact) mass is 324 g/mol. The Morgan fingerprint density at radius 1 is 0.958 bits per heavy atom. The first-order valence-corrected chi connectivity index (χ1v) is 9.26. The van der Waals surface area contributed by atoms with Gasteiger partial charge in [0.15, 0.2) is 5.82 Å². The van der Waals surface area contributed by atoms with Crippen molar-refractivity contribution >= 4 is 11.6 Å². The summed E-state index contributed by atoms with van der Waals surface area (Å²) in [5, 5.41) is 0. The number of rotatable bonds is 7. The summed E-state index contributed by atoms with van der Waals surface area (Å²) in [6, 6.07) is 12.5. The van der Waals surface area contributed by atoms with Gasteiger partial charge in [-0.3, -0.25) is 0 Å². The molecular formula is C20H28N4. The SMILES string of the molecule is CCCN(CCC)c1cc(N2CCCC2)nc(-c2ccccc2)n1. The van der Waals surface area contributed by atoms with Crippen molar-refractivity contribution in [2.24, 2.45) is 0 Å². The smallest absolute Gasteiger partial charge is 0.163 e. The molecule has 0 saturated carbocycles. The van der Waals surface area contributed by atoms with Crippen molar-refractivity contribution in [3.8, 4) is 11.4 Å². The number of aromatic nitrogens is 2. The fourth-order valence-corrected chi connectivity index (χ4v) is 3.29. The zero-order valence-electron chi connectivity index (χ0n) is 14.9. The minimum atomic E-state index is 0.840. The van der Waals surface area contributed by atoms with Crippen LogP contribution in [-0.2, 0) is 0 Å². The minimum Gasteiger partial charge on any atom is -0.356 e. The molecular weight excluding hydrogens is 296 g/mol. The predicted octanol–water partition coefficient (Wildman–Crippen LogP) is 4.37. The van der Waals surface area contributed by atoms with Crippen molar-refractivity contribution in [3.63, 3.8) is 0 Å². The summed E-state index contributed by atoms with van der Waals surface area (Å²) >= 11 is 0. The van der Waals surface area contributed by atoms with Crippen LogP contribution in [0.3, 0.4) is 0 Å². The van der Waals surface area contributed by atoms with Crippen LogP contribution < -0.4 is 9.80 Å². The van der Waals surface area contributed by atoms with Crippen LogP contribution in [0.4, 0.5) is 11.6 Å². The molecule has 1 fully saturated rings. The number of hydrogen-bond donors (Lipinski definition) is 0. The van der Waals surface area contributed by atoms with Crippen LogP contribution in [0, 0.1) is 0 Å². The lowest BCUT2D eigenvalue weighted by Gasteiger charge is -2.25. The van der Waals surface area contributed by atoms with Crippen LogP contribution in [0.15, 0.2) is 36.4 Å². The third kappa shape index (κ3) is 3.86. The van der Waals surface area contributed by atoms with E-state index in [2.05, 4.69) is 54.0 Å². The molecule has 1 aliphatic rings. The van der Waals surface area contributed by atoms with Gasteiger partial charge in [0.2, 0.25) is 0 Å². The van der Waals surface area contributed by atoms with E-state index in [4.69, 9.17) is 9.97 Å². The topological polar surface area (TPSA) is 32.3 Å². The van der Waals surface area contributed by atoms with Gasteiger partial charge in [0.1, 0.15) is 11.6 Å². The highest BCUT2D eigenvalue weighted by Gasteiger charge is 2.18. The first-order chi connectivity index (χ1) is 11.8. The summed E-state index contributed by atoms with van der Waals surface area (Å²) < 4.78 is 0. The molecule has 0 N–H and O–H groups in total. The van der Waals surface area contributed by atoms with Crippen molar-refractivity contribution in [3.05, 3.63) is 36.4 Å². The molecule has 128 valence electrons. The van der Waals surface area contributed by atoms with Gasteiger partial charge < -0.3 is 9.80 Å². The van der Waals surface area contributed by atoms with E-state index in [0.717, 1.165) is 62.0 Å². The van der Waals surface area contributed by atoms with Gasteiger partial charge in [-0.25, -0.2) is 9.97 Å². The van der Waals surface area contributed by atoms with Gasteiger partial charge in [-0.1, -0.05) is 44.2 Å². The van der Waals surface area contributed by atoms with Gasteiger partial charge in [0.05, 0.1) is 0 Å². The molecule has 3 rings (SSSR count). The Morgan fingerprint density at radius 2 is 1.62 bits per heavy atom. The van der Waals surface area contributed by atoms with E-state index in [-0.39, 0.29) is 0 Å². The van der Waals surface area contributed by atoms with Gasteiger partial charge in [-0.2, -0.15) is 0 Å². The zero-order valence-corrected chi connectivity index (χ0v) is 14.9.